The molecule has 5 N–H and O–H groups in total. The van der Waals surface area contributed by atoms with Crippen LogP contribution in [-0.2, 0) is 12.8 Å². The van der Waals surface area contributed by atoms with Crippen LogP contribution in [0.2, 0.25) is 0 Å². The first-order chi connectivity index (χ1) is 25.9. The SMILES string of the molecule is CC1(C)CC(=O)c2c([nH]c(-c3ccncc3)c2Nc2ccc3[nH]ccc3c2)C1.CC1(C)CC(=O)c2c([nH]c(-c3ccncc3)c2Nc2ccccc2Br)C1. The van der Waals surface area contributed by atoms with Gasteiger partial charge in [-0.15, -0.1) is 0 Å². The van der Waals surface area contributed by atoms with Gasteiger partial charge in [-0.05, 0) is 100 Å². The molecule has 2 aromatic carbocycles. The zero-order valence-electron chi connectivity index (χ0n) is 30.7. The van der Waals surface area contributed by atoms with Crippen LogP contribution in [-0.4, -0.2) is 36.5 Å². The number of nitrogens with one attached hydrogen (secondary N) is 5. The summed E-state index contributed by atoms with van der Waals surface area (Å²) in [6.45, 7) is 8.57. The Morgan fingerprint density at radius 1 is 0.648 bits per heavy atom. The summed E-state index contributed by atoms with van der Waals surface area (Å²) < 4.78 is 0.958. The molecule has 9 nitrogen and oxygen atoms in total. The van der Waals surface area contributed by atoms with Crippen LogP contribution in [0.3, 0.4) is 0 Å². The van der Waals surface area contributed by atoms with Crippen molar-refractivity contribution in [3.05, 3.63) is 131 Å². The number of halogens is 1. The molecule has 0 saturated carbocycles. The van der Waals surface area contributed by atoms with Crippen LogP contribution in [0.4, 0.5) is 22.7 Å². The molecule has 0 fully saturated rings. The van der Waals surface area contributed by atoms with Gasteiger partial charge in [-0.3, -0.25) is 19.6 Å². The molecule has 9 rings (SSSR count). The molecule has 5 aromatic heterocycles. The van der Waals surface area contributed by atoms with E-state index in [0.29, 0.717) is 12.8 Å². The van der Waals surface area contributed by atoms with Crippen molar-refractivity contribution in [3.8, 4) is 22.5 Å². The molecule has 272 valence electrons. The van der Waals surface area contributed by atoms with Crippen LogP contribution in [0.25, 0.3) is 33.4 Å². The Kier molecular flexibility index (Phi) is 9.09. The van der Waals surface area contributed by atoms with Gasteiger partial charge in [0.15, 0.2) is 11.6 Å². The highest BCUT2D eigenvalue weighted by Crippen LogP contribution is 2.45. The first-order valence-electron chi connectivity index (χ1n) is 18.2. The van der Waals surface area contributed by atoms with Crippen molar-refractivity contribution in [2.45, 2.75) is 53.4 Å². The van der Waals surface area contributed by atoms with Crippen molar-refractivity contribution < 1.29 is 9.59 Å². The smallest absolute Gasteiger partial charge is 0.167 e. The van der Waals surface area contributed by atoms with Gasteiger partial charge < -0.3 is 25.6 Å². The fraction of sp³-hybridized carbons (Fsp3) is 0.227. The third-order valence-corrected chi connectivity index (χ3v) is 10.9. The maximum atomic E-state index is 13.1. The number of hydrogen-bond acceptors (Lipinski definition) is 6. The van der Waals surface area contributed by atoms with E-state index >= 15 is 0 Å². The number of carbonyl (C=O) groups is 2. The molecule has 0 atom stereocenters. The van der Waals surface area contributed by atoms with Gasteiger partial charge in [0.2, 0.25) is 0 Å². The molecule has 2 aliphatic rings. The fourth-order valence-corrected chi connectivity index (χ4v) is 8.19. The summed E-state index contributed by atoms with van der Waals surface area (Å²) in [4.78, 5) is 44.5. The van der Waals surface area contributed by atoms with Gasteiger partial charge in [0, 0.05) is 87.4 Å². The fourth-order valence-electron chi connectivity index (χ4n) is 7.81. The van der Waals surface area contributed by atoms with E-state index in [-0.39, 0.29) is 22.4 Å². The summed E-state index contributed by atoms with van der Waals surface area (Å²) in [5.41, 5.74) is 12.1. The van der Waals surface area contributed by atoms with E-state index in [2.05, 4.69) is 85.2 Å². The third-order valence-electron chi connectivity index (χ3n) is 10.2. The minimum atomic E-state index is -0.0360. The quantitative estimate of drug-likeness (QED) is 0.114. The number of hydrogen-bond donors (Lipinski definition) is 5. The van der Waals surface area contributed by atoms with Crippen LogP contribution in [0, 0.1) is 10.8 Å². The predicted molar refractivity (Wildman–Crippen MR) is 220 cm³/mol. The number of pyridine rings is 2. The summed E-state index contributed by atoms with van der Waals surface area (Å²) in [5, 5.41) is 8.15. The van der Waals surface area contributed by atoms with Crippen LogP contribution in [0.15, 0.2) is 108 Å². The Labute approximate surface area is 322 Å². The molecule has 54 heavy (non-hydrogen) atoms. The first kappa shape index (κ1) is 35.3. The van der Waals surface area contributed by atoms with Crippen LogP contribution in [0.1, 0.15) is 72.6 Å². The highest BCUT2D eigenvalue weighted by Gasteiger charge is 2.37. The van der Waals surface area contributed by atoms with Gasteiger partial charge in [0.25, 0.3) is 0 Å². The first-order valence-corrected chi connectivity index (χ1v) is 19.0. The number of aromatic nitrogens is 5. The lowest BCUT2D eigenvalue weighted by atomic mass is 9.76. The Hall–Kier alpha value is -5.74. The Bertz CT molecular complexity index is 2510. The molecule has 0 aliphatic heterocycles. The Morgan fingerprint density at radius 2 is 1.19 bits per heavy atom. The molecule has 5 heterocycles. The van der Waals surface area contributed by atoms with E-state index in [0.717, 1.165) is 96.0 Å². The number of benzene rings is 2. The average Bonchev–Trinajstić information content (AvgIpc) is 3.85. The Morgan fingerprint density at radius 3 is 1.74 bits per heavy atom. The maximum Gasteiger partial charge on any atom is 0.167 e. The zero-order chi connectivity index (χ0) is 37.6. The molecular weight excluding hydrogens is 738 g/mol. The van der Waals surface area contributed by atoms with Crippen molar-refractivity contribution in [3.63, 3.8) is 0 Å². The number of para-hydroxylation sites is 1. The van der Waals surface area contributed by atoms with Gasteiger partial charge >= 0.3 is 0 Å². The predicted octanol–water partition coefficient (Wildman–Crippen LogP) is 11.2. The van der Waals surface area contributed by atoms with E-state index in [1.807, 2.05) is 72.9 Å². The van der Waals surface area contributed by atoms with E-state index < -0.39 is 0 Å². The number of rotatable bonds is 6. The van der Waals surface area contributed by atoms with Crippen LogP contribution < -0.4 is 10.6 Å². The molecule has 0 unspecified atom stereocenters. The molecule has 0 radical (unpaired) electrons. The monoisotopic (exact) mass is 779 g/mol. The minimum Gasteiger partial charge on any atom is -0.361 e. The second kappa shape index (κ2) is 13.9. The summed E-state index contributed by atoms with van der Waals surface area (Å²) in [6.07, 6.45) is 11.8. The van der Waals surface area contributed by atoms with E-state index in [9.17, 15) is 9.59 Å². The zero-order valence-corrected chi connectivity index (χ0v) is 32.3. The molecule has 0 saturated heterocycles. The van der Waals surface area contributed by atoms with E-state index in [1.165, 1.54) is 0 Å². The third kappa shape index (κ3) is 7.01. The number of carbonyl (C=O) groups excluding carboxylic acids is 2. The summed E-state index contributed by atoms with van der Waals surface area (Å²) in [6, 6.07) is 24.0. The number of nitrogens with zero attached hydrogens (tertiary/aromatic N) is 2. The highest BCUT2D eigenvalue weighted by atomic mass is 79.9. The molecule has 2 aliphatic carbocycles. The number of anilines is 4. The lowest BCUT2D eigenvalue weighted by molar-refractivity contribution is 0.0903. The van der Waals surface area contributed by atoms with Gasteiger partial charge in [0.1, 0.15) is 0 Å². The normalized spacial score (nSPS) is 15.6. The van der Waals surface area contributed by atoms with Crippen molar-refractivity contribution in [1.29, 1.82) is 0 Å². The van der Waals surface area contributed by atoms with Crippen LogP contribution in [0.5, 0.6) is 0 Å². The lowest BCUT2D eigenvalue weighted by Crippen LogP contribution is -2.26. The lowest BCUT2D eigenvalue weighted by Gasteiger charge is -2.28. The van der Waals surface area contributed by atoms with Crippen molar-refractivity contribution in [1.82, 2.24) is 24.9 Å². The average molecular weight is 781 g/mol. The second-order valence-corrected chi connectivity index (χ2v) is 16.7. The summed E-state index contributed by atoms with van der Waals surface area (Å²) >= 11 is 3.58. The van der Waals surface area contributed by atoms with E-state index in [1.54, 1.807) is 24.8 Å². The number of H-pyrrole nitrogens is 3. The number of aromatic amines is 3. The summed E-state index contributed by atoms with van der Waals surface area (Å²) in [7, 11) is 0. The molecule has 10 heteroatoms. The maximum absolute atomic E-state index is 13.1. The van der Waals surface area contributed by atoms with Crippen LogP contribution >= 0.6 is 15.9 Å². The minimum absolute atomic E-state index is 0.0327. The molecule has 0 amide bonds. The Balaban J connectivity index is 0.000000154. The van der Waals surface area contributed by atoms with Crippen molar-refractivity contribution in [2.24, 2.45) is 10.8 Å². The van der Waals surface area contributed by atoms with Crippen molar-refractivity contribution >= 4 is 61.1 Å². The van der Waals surface area contributed by atoms with Gasteiger partial charge in [0.05, 0.1) is 39.6 Å². The number of fused-ring (bicyclic) bond motifs is 3. The van der Waals surface area contributed by atoms with Crippen molar-refractivity contribution in [2.75, 3.05) is 10.6 Å². The van der Waals surface area contributed by atoms with Gasteiger partial charge in [-0.25, -0.2) is 0 Å². The molecule has 0 bridgehead atoms. The molecule has 0 spiro atoms. The van der Waals surface area contributed by atoms with Gasteiger partial charge in [-0.2, -0.15) is 0 Å². The number of Topliss-reactive ketones (excluding diaryl/α,β-unsaturated/α-hetero) is 2. The molecular formula is C44H42BrN7O2. The number of ketones is 2. The standard InChI is InChI=1S/C23H22N4O.C21H20BrN3O/c1-23(2)12-18-20(19(28)13-23)22(21(27-18)14-5-8-24-9-6-14)26-16-3-4-17-15(11-16)7-10-25-17;1-21(2)11-16-18(17(26)12-21)20(24-15-6-4-3-5-14(15)22)19(25-16)13-7-9-23-10-8-13/h3-11,25-27H,12-13H2,1-2H3;3-10,24-25H,11-12H2,1-2H3. The topological polar surface area (TPSA) is 131 Å². The largest absolute Gasteiger partial charge is 0.361 e. The molecule has 7 aromatic rings. The van der Waals surface area contributed by atoms with Gasteiger partial charge in [-0.1, -0.05) is 39.8 Å². The summed E-state index contributed by atoms with van der Waals surface area (Å²) in [5.74, 6) is 0.371. The second-order valence-electron chi connectivity index (χ2n) is 15.8. The van der Waals surface area contributed by atoms with E-state index in [4.69, 9.17) is 0 Å². The highest BCUT2D eigenvalue weighted by molar-refractivity contribution is 9.10.